The van der Waals surface area contributed by atoms with Gasteiger partial charge >= 0.3 is 0 Å². The number of rotatable bonds is 8. The highest BCUT2D eigenvalue weighted by atomic mass is 16.3. The molecule has 1 amide bonds. The largest absolute Gasteiger partial charge is 0.459 e. The Balaban J connectivity index is 1.86. The summed E-state index contributed by atoms with van der Waals surface area (Å²) in [5.74, 6) is 1.50. The summed E-state index contributed by atoms with van der Waals surface area (Å²) in [4.78, 5) is 16.4. The highest BCUT2D eigenvalue weighted by Crippen LogP contribution is 2.13. The molecule has 0 saturated heterocycles. The van der Waals surface area contributed by atoms with E-state index in [0.717, 1.165) is 23.6 Å². The van der Waals surface area contributed by atoms with Crippen molar-refractivity contribution in [1.82, 2.24) is 10.6 Å². The first-order valence-corrected chi connectivity index (χ1v) is 9.39. The highest BCUT2D eigenvalue weighted by molar-refractivity contribution is 6.02. The number of anilines is 1. The summed E-state index contributed by atoms with van der Waals surface area (Å²) < 4.78 is 5.11. The number of benzene rings is 1. The number of carbonyl (C=O) groups excluding carboxylic acids is 1. The number of furan rings is 1. The lowest BCUT2D eigenvalue weighted by Crippen LogP contribution is -2.41. The fourth-order valence-corrected chi connectivity index (χ4v) is 2.63. The first-order valence-electron chi connectivity index (χ1n) is 9.39. The molecule has 0 fully saturated rings. The van der Waals surface area contributed by atoms with Crippen molar-refractivity contribution in [1.29, 1.82) is 0 Å². The second kappa shape index (κ2) is 10.4. The van der Waals surface area contributed by atoms with Gasteiger partial charge in [0.15, 0.2) is 11.7 Å². The number of carbonyl (C=O) groups is 1. The number of aliphatic imine (C=N–C) groups is 1. The van der Waals surface area contributed by atoms with Gasteiger partial charge in [0.25, 0.3) is 5.91 Å². The molecule has 3 N–H and O–H groups in total. The van der Waals surface area contributed by atoms with Gasteiger partial charge in [-0.1, -0.05) is 26.0 Å². The third-order valence-corrected chi connectivity index (χ3v) is 4.17. The van der Waals surface area contributed by atoms with Gasteiger partial charge in [0.05, 0.1) is 6.26 Å². The standard InChI is InChI=1S/C21H30N4O2/c1-15(2)10-11-16(3)24-21(22-4)23-14-17-7-5-8-18(13-17)25-20(26)19-9-6-12-27-19/h5-9,12-13,15-16H,10-11,14H2,1-4H3,(H,25,26)(H2,22,23,24). The van der Waals surface area contributed by atoms with E-state index in [1.54, 1.807) is 19.2 Å². The molecule has 1 unspecified atom stereocenters. The Kier molecular flexibility index (Phi) is 7.92. The number of amides is 1. The van der Waals surface area contributed by atoms with Gasteiger partial charge < -0.3 is 20.4 Å². The maximum Gasteiger partial charge on any atom is 0.291 e. The maximum atomic E-state index is 12.1. The molecule has 1 aromatic carbocycles. The molecule has 1 heterocycles. The quantitative estimate of drug-likeness (QED) is 0.484. The van der Waals surface area contributed by atoms with Crippen molar-refractivity contribution >= 4 is 17.6 Å². The Morgan fingerprint density at radius 1 is 1.15 bits per heavy atom. The number of hydrogen-bond donors (Lipinski definition) is 3. The third-order valence-electron chi connectivity index (χ3n) is 4.17. The minimum atomic E-state index is -0.262. The summed E-state index contributed by atoms with van der Waals surface area (Å²) in [7, 11) is 1.77. The van der Waals surface area contributed by atoms with Crippen LogP contribution in [0.5, 0.6) is 0 Å². The van der Waals surface area contributed by atoms with Gasteiger partial charge in [0.2, 0.25) is 0 Å². The predicted molar refractivity (Wildman–Crippen MR) is 110 cm³/mol. The van der Waals surface area contributed by atoms with E-state index in [-0.39, 0.29) is 5.91 Å². The van der Waals surface area contributed by atoms with Gasteiger partial charge in [0.1, 0.15) is 0 Å². The molecule has 0 saturated carbocycles. The molecule has 1 aromatic heterocycles. The van der Waals surface area contributed by atoms with E-state index in [1.807, 2.05) is 24.3 Å². The Morgan fingerprint density at radius 3 is 2.63 bits per heavy atom. The zero-order chi connectivity index (χ0) is 19.6. The Labute approximate surface area is 161 Å². The van der Waals surface area contributed by atoms with E-state index in [0.29, 0.717) is 24.3 Å². The monoisotopic (exact) mass is 370 g/mol. The van der Waals surface area contributed by atoms with Gasteiger partial charge in [-0.15, -0.1) is 0 Å². The molecule has 2 rings (SSSR count). The van der Waals surface area contributed by atoms with E-state index >= 15 is 0 Å². The molecule has 2 aromatic rings. The summed E-state index contributed by atoms with van der Waals surface area (Å²) in [5, 5.41) is 9.57. The minimum absolute atomic E-state index is 0.262. The summed E-state index contributed by atoms with van der Waals surface area (Å²) in [6.45, 7) is 7.25. The predicted octanol–water partition coefficient (Wildman–Crippen LogP) is 4.02. The van der Waals surface area contributed by atoms with E-state index in [4.69, 9.17) is 4.42 Å². The lowest BCUT2D eigenvalue weighted by atomic mass is 10.0. The van der Waals surface area contributed by atoms with E-state index in [2.05, 4.69) is 41.7 Å². The van der Waals surface area contributed by atoms with E-state index in [1.165, 1.54) is 12.7 Å². The molecule has 0 spiro atoms. The maximum absolute atomic E-state index is 12.1. The molecule has 0 aliphatic heterocycles. The van der Waals surface area contributed by atoms with Crippen LogP contribution in [0.15, 0.2) is 52.1 Å². The van der Waals surface area contributed by atoms with Gasteiger partial charge in [-0.3, -0.25) is 9.79 Å². The van der Waals surface area contributed by atoms with Crippen LogP contribution in [0.4, 0.5) is 5.69 Å². The van der Waals surface area contributed by atoms with Crippen molar-refractivity contribution in [3.63, 3.8) is 0 Å². The topological polar surface area (TPSA) is 78.7 Å². The van der Waals surface area contributed by atoms with Gasteiger partial charge in [-0.2, -0.15) is 0 Å². The van der Waals surface area contributed by atoms with Crippen LogP contribution in [0.3, 0.4) is 0 Å². The zero-order valence-electron chi connectivity index (χ0n) is 16.6. The Bertz CT molecular complexity index is 738. The lowest BCUT2D eigenvalue weighted by molar-refractivity contribution is 0.0996. The fraction of sp³-hybridized carbons (Fsp3) is 0.429. The average Bonchev–Trinajstić information content (AvgIpc) is 3.18. The molecular formula is C21H30N4O2. The van der Waals surface area contributed by atoms with Crippen LogP contribution in [0.1, 0.15) is 49.7 Å². The first-order chi connectivity index (χ1) is 13.0. The van der Waals surface area contributed by atoms with Crippen LogP contribution in [-0.2, 0) is 6.54 Å². The first kappa shape index (κ1) is 20.6. The molecule has 27 heavy (non-hydrogen) atoms. The van der Waals surface area contributed by atoms with Crippen molar-refractivity contribution in [2.75, 3.05) is 12.4 Å². The van der Waals surface area contributed by atoms with Crippen LogP contribution in [0, 0.1) is 5.92 Å². The normalized spacial score (nSPS) is 12.7. The molecule has 0 aliphatic carbocycles. The molecule has 1 atom stereocenters. The van der Waals surface area contributed by atoms with Crippen molar-refractivity contribution in [2.45, 2.75) is 46.2 Å². The lowest BCUT2D eigenvalue weighted by Gasteiger charge is -2.19. The SMILES string of the molecule is CN=C(NCc1cccc(NC(=O)c2ccco2)c1)NC(C)CCC(C)C. The molecular weight excluding hydrogens is 340 g/mol. The van der Waals surface area contributed by atoms with Crippen LogP contribution in [0.25, 0.3) is 0 Å². The summed E-state index contributed by atoms with van der Waals surface area (Å²) in [6.07, 6.45) is 3.77. The Morgan fingerprint density at radius 2 is 1.96 bits per heavy atom. The van der Waals surface area contributed by atoms with Crippen molar-refractivity contribution in [2.24, 2.45) is 10.9 Å². The van der Waals surface area contributed by atoms with Crippen molar-refractivity contribution in [3.8, 4) is 0 Å². The van der Waals surface area contributed by atoms with Crippen molar-refractivity contribution in [3.05, 3.63) is 54.0 Å². The van der Waals surface area contributed by atoms with Crippen molar-refractivity contribution < 1.29 is 9.21 Å². The molecule has 0 radical (unpaired) electrons. The van der Waals surface area contributed by atoms with Crippen LogP contribution in [0.2, 0.25) is 0 Å². The van der Waals surface area contributed by atoms with Crippen LogP contribution >= 0.6 is 0 Å². The molecule has 6 heteroatoms. The zero-order valence-corrected chi connectivity index (χ0v) is 16.6. The number of guanidine groups is 1. The van der Waals surface area contributed by atoms with E-state index < -0.39 is 0 Å². The average molecular weight is 370 g/mol. The Hall–Kier alpha value is -2.76. The second-order valence-electron chi connectivity index (χ2n) is 7.07. The molecule has 146 valence electrons. The number of nitrogens with zero attached hydrogens (tertiary/aromatic N) is 1. The number of hydrogen-bond acceptors (Lipinski definition) is 3. The van der Waals surface area contributed by atoms with Gasteiger partial charge in [-0.25, -0.2) is 0 Å². The fourth-order valence-electron chi connectivity index (χ4n) is 2.63. The van der Waals surface area contributed by atoms with Crippen LogP contribution < -0.4 is 16.0 Å². The second-order valence-corrected chi connectivity index (χ2v) is 7.07. The molecule has 0 bridgehead atoms. The highest BCUT2D eigenvalue weighted by Gasteiger charge is 2.09. The van der Waals surface area contributed by atoms with Gasteiger partial charge in [-0.05, 0) is 55.5 Å². The number of nitrogens with one attached hydrogen (secondary N) is 3. The smallest absolute Gasteiger partial charge is 0.291 e. The summed E-state index contributed by atoms with van der Waals surface area (Å²) in [5.41, 5.74) is 1.77. The third kappa shape index (κ3) is 7.17. The van der Waals surface area contributed by atoms with E-state index in [9.17, 15) is 4.79 Å². The van der Waals surface area contributed by atoms with Crippen LogP contribution in [-0.4, -0.2) is 25.0 Å². The molecule has 6 nitrogen and oxygen atoms in total. The molecule has 0 aliphatic rings. The minimum Gasteiger partial charge on any atom is -0.459 e. The summed E-state index contributed by atoms with van der Waals surface area (Å²) in [6, 6.07) is 11.4. The summed E-state index contributed by atoms with van der Waals surface area (Å²) >= 11 is 0. The van der Waals surface area contributed by atoms with Gasteiger partial charge in [0, 0.05) is 25.3 Å².